The number of aliphatic hydroxyl groups is 1. The molecule has 0 bridgehead atoms. The Hall–Kier alpha value is -2.05. The Bertz CT molecular complexity index is 669. The van der Waals surface area contributed by atoms with Gasteiger partial charge in [-0.05, 0) is 45.8 Å². The SMILES string of the molecule is COc1cc(CO)ccc1Oc1cccc(Br)c1C(=O)O. The van der Waals surface area contributed by atoms with Crippen molar-refractivity contribution in [3.63, 3.8) is 0 Å². The highest BCUT2D eigenvalue weighted by Crippen LogP contribution is 2.36. The van der Waals surface area contributed by atoms with Crippen molar-refractivity contribution in [1.29, 1.82) is 0 Å². The number of carbonyl (C=O) groups is 1. The van der Waals surface area contributed by atoms with Crippen molar-refractivity contribution in [1.82, 2.24) is 0 Å². The first kappa shape index (κ1) is 15.3. The molecular formula is C15H13BrO5. The lowest BCUT2D eigenvalue weighted by molar-refractivity contribution is 0.0693. The van der Waals surface area contributed by atoms with Gasteiger partial charge in [0.15, 0.2) is 11.5 Å². The zero-order chi connectivity index (χ0) is 15.4. The molecule has 0 aliphatic heterocycles. The molecule has 0 radical (unpaired) electrons. The third kappa shape index (κ3) is 3.34. The first-order chi connectivity index (χ1) is 10.1. The molecule has 0 atom stereocenters. The first-order valence-electron chi connectivity index (χ1n) is 6.04. The Balaban J connectivity index is 2.43. The second-order valence-electron chi connectivity index (χ2n) is 4.16. The highest BCUT2D eigenvalue weighted by Gasteiger charge is 2.17. The van der Waals surface area contributed by atoms with Crippen molar-refractivity contribution in [2.75, 3.05) is 7.11 Å². The predicted molar refractivity (Wildman–Crippen MR) is 80.1 cm³/mol. The maximum Gasteiger partial charge on any atom is 0.340 e. The monoisotopic (exact) mass is 352 g/mol. The summed E-state index contributed by atoms with van der Waals surface area (Å²) in [7, 11) is 1.47. The van der Waals surface area contributed by atoms with Gasteiger partial charge in [-0.1, -0.05) is 12.1 Å². The zero-order valence-corrected chi connectivity index (χ0v) is 12.8. The van der Waals surface area contributed by atoms with E-state index in [1.54, 1.807) is 36.4 Å². The van der Waals surface area contributed by atoms with Gasteiger partial charge in [0.1, 0.15) is 11.3 Å². The summed E-state index contributed by atoms with van der Waals surface area (Å²) in [5.41, 5.74) is 0.706. The van der Waals surface area contributed by atoms with E-state index in [9.17, 15) is 9.90 Å². The minimum absolute atomic E-state index is 0.0331. The molecule has 0 unspecified atom stereocenters. The number of ether oxygens (including phenoxy) is 2. The summed E-state index contributed by atoms with van der Waals surface area (Å²) in [5, 5.41) is 18.4. The van der Waals surface area contributed by atoms with E-state index in [1.165, 1.54) is 7.11 Å². The molecule has 6 heteroatoms. The van der Waals surface area contributed by atoms with Crippen LogP contribution in [0.25, 0.3) is 0 Å². The van der Waals surface area contributed by atoms with Crippen molar-refractivity contribution in [3.05, 3.63) is 52.0 Å². The summed E-state index contributed by atoms with van der Waals surface area (Å²) in [4.78, 5) is 11.3. The van der Waals surface area contributed by atoms with Crippen LogP contribution in [-0.4, -0.2) is 23.3 Å². The highest BCUT2D eigenvalue weighted by atomic mass is 79.9. The number of halogens is 1. The Kier molecular flexibility index (Phi) is 4.82. The normalized spacial score (nSPS) is 10.2. The average Bonchev–Trinajstić information content (AvgIpc) is 2.47. The molecule has 0 aliphatic rings. The molecule has 2 rings (SSSR count). The maximum absolute atomic E-state index is 11.3. The van der Waals surface area contributed by atoms with Gasteiger partial charge in [-0.2, -0.15) is 0 Å². The molecule has 0 aromatic heterocycles. The van der Waals surface area contributed by atoms with E-state index < -0.39 is 5.97 Å². The van der Waals surface area contributed by atoms with Crippen LogP contribution in [0.2, 0.25) is 0 Å². The predicted octanol–water partition coefficient (Wildman–Crippen LogP) is 3.44. The quantitative estimate of drug-likeness (QED) is 0.861. The van der Waals surface area contributed by atoms with E-state index >= 15 is 0 Å². The number of benzene rings is 2. The molecule has 110 valence electrons. The minimum atomic E-state index is -1.09. The lowest BCUT2D eigenvalue weighted by Gasteiger charge is -2.13. The highest BCUT2D eigenvalue weighted by molar-refractivity contribution is 9.10. The zero-order valence-electron chi connectivity index (χ0n) is 11.2. The number of carboxylic acid groups (broad SMARTS) is 1. The molecule has 0 fully saturated rings. The Morgan fingerprint density at radius 1 is 1.19 bits per heavy atom. The summed E-state index contributed by atoms with van der Waals surface area (Å²) in [5.74, 6) is -0.108. The second-order valence-corrected chi connectivity index (χ2v) is 5.02. The van der Waals surface area contributed by atoms with Gasteiger partial charge >= 0.3 is 5.97 Å². The number of carboxylic acids is 1. The van der Waals surface area contributed by atoms with Crippen molar-refractivity contribution < 1.29 is 24.5 Å². The van der Waals surface area contributed by atoms with Crippen LogP contribution in [-0.2, 0) is 6.61 Å². The molecule has 0 aliphatic carbocycles. The second kappa shape index (κ2) is 6.60. The van der Waals surface area contributed by atoms with Crippen molar-refractivity contribution in [3.8, 4) is 17.2 Å². The van der Waals surface area contributed by atoms with Crippen molar-refractivity contribution >= 4 is 21.9 Å². The van der Waals surface area contributed by atoms with Crippen LogP contribution in [0.4, 0.5) is 0 Å². The summed E-state index contributed by atoms with van der Waals surface area (Å²) < 4.78 is 11.3. The van der Waals surface area contributed by atoms with Crippen LogP contribution < -0.4 is 9.47 Å². The Morgan fingerprint density at radius 3 is 2.57 bits per heavy atom. The first-order valence-corrected chi connectivity index (χ1v) is 6.83. The Morgan fingerprint density at radius 2 is 1.95 bits per heavy atom. The fraction of sp³-hybridized carbons (Fsp3) is 0.133. The van der Waals surface area contributed by atoms with Crippen LogP contribution in [0.5, 0.6) is 17.2 Å². The minimum Gasteiger partial charge on any atom is -0.493 e. The number of methoxy groups -OCH3 is 1. The third-order valence-corrected chi connectivity index (χ3v) is 3.48. The van der Waals surface area contributed by atoms with Gasteiger partial charge in [-0.25, -0.2) is 4.79 Å². The largest absolute Gasteiger partial charge is 0.493 e. The molecule has 0 heterocycles. The molecule has 5 nitrogen and oxygen atoms in total. The average molecular weight is 353 g/mol. The van der Waals surface area contributed by atoms with Gasteiger partial charge in [0.25, 0.3) is 0 Å². The van der Waals surface area contributed by atoms with Gasteiger partial charge in [0.2, 0.25) is 0 Å². The molecule has 2 N–H and O–H groups in total. The lowest BCUT2D eigenvalue weighted by atomic mass is 10.2. The Labute approximate surface area is 129 Å². The number of rotatable bonds is 5. The van der Waals surface area contributed by atoms with E-state index in [4.69, 9.17) is 14.6 Å². The summed E-state index contributed by atoms with van der Waals surface area (Å²) in [6.07, 6.45) is 0. The van der Waals surface area contributed by atoms with Crippen LogP contribution >= 0.6 is 15.9 Å². The smallest absolute Gasteiger partial charge is 0.340 e. The summed E-state index contributed by atoms with van der Waals surface area (Å²) >= 11 is 3.19. The molecular weight excluding hydrogens is 340 g/mol. The van der Waals surface area contributed by atoms with Crippen molar-refractivity contribution in [2.24, 2.45) is 0 Å². The molecule has 0 amide bonds. The third-order valence-electron chi connectivity index (χ3n) is 2.82. The van der Waals surface area contributed by atoms with Gasteiger partial charge in [-0.3, -0.25) is 0 Å². The van der Waals surface area contributed by atoms with E-state index in [-0.39, 0.29) is 17.9 Å². The summed E-state index contributed by atoms with van der Waals surface area (Å²) in [6, 6.07) is 9.80. The van der Waals surface area contributed by atoms with E-state index in [0.717, 1.165) is 0 Å². The fourth-order valence-corrected chi connectivity index (χ4v) is 2.33. The number of hydrogen-bond acceptors (Lipinski definition) is 4. The van der Waals surface area contributed by atoms with Crippen molar-refractivity contribution in [2.45, 2.75) is 6.61 Å². The topological polar surface area (TPSA) is 76.0 Å². The molecule has 0 spiro atoms. The molecule has 2 aromatic rings. The van der Waals surface area contributed by atoms with Gasteiger partial charge in [0, 0.05) is 4.47 Å². The maximum atomic E-state index is 11.3. The molecule has 2 aromatic carbocycles. The van der Waals surface area contributed by atoms with E-state index in [0.29, 0.717) is 21.5 Å². The van der Waals surface area contributed by atoms with Crippen LogP contribution in [0.3, 0.4) is 0 Å². The number of aromatic carboxylic acids is 1. The van der Waals surface area contributed by atoms with E-state index in [2.05, 4.69) is 15.9 Å². The fourth-order valence-electron chi connectivity index (χ4n) is 1.81. The number of aliphatic hydroxyl groups excluding tert-OH is 1. The lowest BCUT2D eigenvalue weighted by Crippen LogP contribution is -2.02. The molecule has 0 saturated heterocycles. The van der Waals surface area contributed by atoms with Gasteiger partial charge < -0.3 is 19.7 Å². The van der Waals surface area contributed by atoms with Crippen LogP contribution in [0.15, 0.2) is 40.9 Å². The van der Waals surface area contributed by atoms with E-state index in [1.807, 2.05) is 0 Å². The van der Waals surface area contributed by atoms with Gasteiger partial charge in [0.05, 0.1) is 13.7 Å². The molecule has 21 heavy (non-hydrogen) atoms. The number of hydrogen-bond donors (Lipinski definition) is 2. The molecule has 0 saturated carbocycles. The van der Waals surface area contributed by atoms with Gasteiger partial charge in [-0.15, -0.1) is 0 Å². The van der Waals surface area contributed by atoms with Crippen LogP contribution in [0, 0.1) is 0 Å². The standard InChI is InChI=1S/C15H13BrO5/c1-20-13-7-9(8-17)5-6-11(13)21-12-4-2-3-10(16)14(12)15(18)19/h2-7,17H,8H2,1H3,(H,18,19). The summed E-state index contributed by atoms with van der Waals surface area (Å²) in [6.45, 7) is -0.117. The van der Waals surface area contributed by atoms with Crippen LogP contribution in [0.1, 0.15) is 15.9 Å².